The maximum atomic E-state index is 13.7. The zero-order valence-electron chi connectivity index (χ0n) is 21.8. The van der Waals surface area contributed by atoms with Crippen molar-refractivity contribution in [3.8, 4) is 6.07 Å². The highest BCUT2D eigenvalue weighted by Crippen LogP contribution is 2.30. The molecule has 0 bridgehead atoms. The lowest BCUT2D eigenvalue weighted by molar-refractivity contribution is -0.145. The molecule has 0 aromatic heterocycles. The Labute approximate surface area is 233 Å². The zero-order valence-corrected chi connectivity index (χ0v) is 23.3. The predicted molar refractivity (Wildman–Crippen MR) is 146 cm³/mol. The topological polar surface area (TPSA) is 145 Å². The number of primary amides is 1. The van der Waals surface area contributed by atoms with Crippen LogP contribution in [-0.4, -0.2) is 78.0 Å². The summed E-state index contributed by atoms with van der Waals surface area (Å²) < 4.78 is 28.3. The van der Waals surface area contributed by atoms with Crippen LogP contribution < -0.4 is 5.73 Å². The van der Waals surface area contributed by atoms with Gasteiger partial charge in [0.05, 0.1) is 23.9 Å². The number of sulfonamides is 1. The number of benzene rings is 2. The minimum Gasteiger partial charge on any atom is -0.369 e. The lowest BCUT2D eigenvalue weighted by atomic mass is 10.1. The van der Waals surface area contributed by atoms with Gasteiger partial charge in [-0.1, -0.05) is 36.6 Å². The number of nitrogens with zero attached hydrogens (tertiary/aromatic N) is 4. The molecule has 208 valence electrons. The van der Waals surface area contributed by atoms with E-state index >= 15 is 0 Å². The van der Waals surface area contributed by atoms with Crippen molar-refractivity contribution in [3.63, 3.8) is 0 Å². The Bertz CT molecular complexity index is 1420. The van der Waals surface area contributed by atoms with E-state index in [1.54, 1.807) is 36.1 Å². The van der Waals surface area contributed by atoms with Gasteiger partial charge in [-0.2, -0.15) is 9.57 Å². The molecule has 2 unspecified atom stereocenters. The predicted octanol–water partition coefficient (Wildman–Crippen LogP) is 2.64. The molecule has 4 rings (SSSR count). The van der Waals surface area contributed by atoms with Crippen molar-refractivity contribution >= 4 is 50.1 Å². The van der Waals surface area contributed by atoms with Crippen LogP contribution in [0.1, 0.15) is 45.4 Å². The van der Waals surface area contributed by atoms with E-state index in [1.807, 2.05) is 0 Å². The van der Waals surface area contributed by atoms with Gasteiger partial charge in [0.25, 0.3) is 0 Å². The number of amides is 3. The fraction of sp³-hybridized carbons (Fsp3) is 0.481. The minimum absolute atomic E-state index is 0.0244. The molecule has 1 saturated carbocycles. The third kappa shape index (κ3) is 6.03. The van der Waals surface area contributed by atoms with Crippen LogP contribution >= 0.6 is 11.6 Å². The molecule has 2 aromatic carbocycles. The largest absolute Gasteiger partial charge is 0.369 e. The Morgan fingerprint density at radius 2 is 1.82 bits per heavy atom. The van der Waals surface area contributed by atoms with Crippen LogP contribution in [0.5, 0.6) is 0 Å². The Kier molecular flexibility index (Phi) is 8.79. The number of likely N-dealkylation sites (tertiary alicyclic amines) is 1. The first kappa shape index (κ1) is 28.8. The molecule has 1 heterocycles. The number of halogens is 1. The molecule has 1 saturated heterocycles. The second-order valence-electron chi connectivity index (χ2n) is 10.1. The van der Waals surface area contributed by atoms with E-state index in [0.717, 1.165) is 35.4 Å². The molecular weight excluding hydrogens is 542 g/mol. The first-order valence-corrected chi connectivity index (χ1v) is 14.8. The summed E-state index contributed by atoms with van der Waals surface area (Å²) in [5.41, 5.74) is 5.42. The average molecular weight is 574 g/mol. The van der Waals surface area contributed by atoms with Crippen molar-refractivity contribution < 1.29 is 22.8 Å². The van der Waals surface area contributed by atoms with Crippen LogP contribution in [0.15, 0.2) is 41.3 Å². The number of hydrogen-bond acceptors (Lipinski definition) is 6. The van der Waals surface area contributed by atoms with Gasteiger partial charge in [-0.05, 0) is 61.2 Å². The van der Waals surface area contributed by atoms with Gasteiger partial charge in [-0.25, -0.2) is 8.42 Å². The van der Waals surface area contributed by atoms with Crippen molar-refractivity contribution in [2.24, 2.45) is 5.73 Å². The molecule has 2 aromatic rings. The van der Waals surface area contributed by atoms with E-state index < -0.39 is 40.5 Å². The molecule has 1 aliphatic carbocycles. The summed E-state index contributed by atoms with van der Waals surface area (Å²) in [6.07, 6.45) is 4.00. The van der Waals surface area contributed by atoms with Crippen LogP contribution in [-0.2, 0) is 24.4 Å². The van der Waals surface area contributed by atoms with Gasteiger partial charge >= 0.3 is 0 Å². The monoisotopic (exact) mass is 573 g/mol. The molecule has 2 aliphatic rings. The lowest BCUT2D eigenvalue weighted by Crippen LogP contribution is -2.53. The van der Waals surface area contributed by atoms with Gasteiger partial charge in [0, 0.05) is 24.2 Å². The van der Waals surface area contributed by atoms with E-state index in [9.17, 15) is 22.8 Å². The lowest BCUT2D eigenvalue weighted by Gasteiger charge is -2.34. The van der Waals surface area contributed by atoms with E-state index in [2.05, 4.69) is 6.07 Å². The highest BCUT2D eigenvalue weighted by molar-refractivity contribution is 7.89. The fourth-order valence-corrected chi connectivity index (χ4v) is 7.37. The number of hydrogen-bond donors (Lipinski definition) is 1. The second kappa shape index (κ2) is 11.9. The third-order valence-electron chi connectivity index (χ3n) is 7.59. The molecule has 2 atom stereocenters. The van der Waals surface area contributed by atoms with Gasteiger partial charge in [0.15, 0.2) is 0 Å². The summed E-state index contributed by atoms with van der Waals surface area (Å²) in [4.78, 5) is 42.0. The summed E-state index contributed by atoms with van der Waals surface area (Å²) in [6.45, 7) is 1.38. The standard InChI is InChI=1S/C27H32ClN5O5S/c1-18(26(35)32(13-4-12-29)22-5-2-3-6-22)31-14-11-24(27(31)36)33(17-25(30)34)39(37,38)23-10-8-19-15-21(28)9-7-20(19)16-23/h7-10,15-16,18,22,24H,2-6,11,13-14,17H2,1H3,(H2,30,34). The molecule has 0 spiro atoms. The van der Waals surface area contributed by atoms with Gasteiger partial charge in [-0.3, -0.25) is 14.4 Å². The highest BCUT2D eigenvalue weighted by atomic mass is 35.5. The Hall–Kier alpha value is -3.20. The number of nitriles is 1. The number of fused-ring (bicyclic) bond motifs is 1. The first-order valence-electron chi connectivity index (χ1n) is 13.0. The average Bonchev–Trinajstić information content (AvgIpc) is 3.56. The SMILES string of the molecule is CC(C(=O)N(CCC#N)C1CCCC1)N1CCC(N(CC(N)=O)S(=O)(=O)c2ccc3cc(Cl)ccc3c2)C1=O. The maximum absolute atomic E-state index is 13.7. The molecule has 10 nitrogen and oxygen atoms in total. The van der Waals surface area contributed by atoms with Gasteiger partial charge < -0.3 is 15.5 Å². The fourth-order valence-electron chi connectivity index (χ4n) is 5.58. The van der Waals surface area contributed by atoms with Crippen LogP contribution in [0.2, 0.25) is 5.02 Å². The number of rotatable bonds is 10. The van der Waals surface area contributed by atoms with Crippen molar-refractivity contribution in [2.45, 2.75) is 68.5 Å². The molecule has 0 radical (unpaired) electrons. The summed E-state index contributed by atoms with van der Waals surface area (Å²) >= 11 is 6.04. The molecule has 1 aliphatic heterocycles. The van der Waals surface area contributed by atoms with Gasteiger partial charge in [-0.15, -0.1) is 0 Å². The second-order valence-corrected chi connectivity index (χ2v) is 12.4. The Balaban J connectivity index is 1.59. The zero-order chi connectivity index (χ0) is 28.3. The van der Waals surface area contributed by atoms with Crippen LogP contribution in [0.3, 0.4) is 0 Å². The normalized spacial score (nSPS) is 19.0. The summed E-state index contributed by atoms with van der Waals surface area (Å²) in [5.74, 6) is -1.71. The number of carbonyl (C=O) groups excluding carboxylic acids is 3. The number of carbonyl (C=O) groups is 3. The van der Waals surface area contributed by atoms with Crippen molar-refractivity contribution in [2.75, 3.05) is 19.6 Å². The molecule has 3 amide bonds. The van der Waals surface area contributed by atoms with Crippen LogP contribution in [0, 0.1) is 11.3 Å². The van der Waals surface area contributed by atoms with E-state index in [4.69, 9.17) is 22.6 Å². The van der Waals surface area contributed by atoms with E-state index in [1.165, 1.54) is 17.0 Å². The maximum Gasteiger partial charge on any atom is 0.245 e. The van der Waals surface area contributed by atoms with Crippen molar-refractivity contribution in [1.29, 1.82) is 5.26 Å². The van der Waals surface area contributed by atoms with Gasteiger partial charge in [0.1, 0.15) is 12.1 Å². The van der Waals surface area contributed by atoms with Crippen LogP contribution in [0.25, 0.3) is 10.8 Å². The highest BCUT2D eigenvalue weighted by Gasteiger charge is 2.46. The minimum atomic E-state index is -4.30. The first-order chi connectivity index (χ1) is 18.5. The van der Waals surface area contributed by atoms with E-state index in [0.29, 0.717) is 10.4 Å². The number of nitrogens with two attached hydrogens (primary N) is 1. The van der Waals surface area contributed by atoms with Crippen molar-refractivity contribution in [3.05, 3.63) is 41.4 Å². The molecule has 39 heavy (non-hydrogen) atoms. The smallest absolute Gasteiger partial charge is 0.245 e. The Morgan fingerprint density at radius 1 is 1.15 bits per heavy atom. The van der Waals surface area contributed by atoms with Gasteiger partial charge in [0.2, 0.25) is 27.7 Å². The summed E-state index contributed by atoms with van der Waals surface area (Å²) in [6, 6.07) is 9.59. The summed E-state index contributed by atoms with van der Waals surface area (Å²) in [5, 5.41) is 11.0. The summed E-state index contributed by atoms with van der Waals surface area (Å²) in [7, 11) is -4.30. The third-order valence-corrected chi connectivity index (χ3v) is 9.67. The Morgan fingerprint density at radius 3 is 2.49 bits per heavy atom. The van der Waals surface area contributed by atoms with E-state index in [-0.39, 0.29) is 42.8 Å². The van der Waals surface area contributed by atoms with Crippen molar-refractivity contribution in [1.82, 2.24) is 14.1 Å². The van der Waals surface area contributed by atoms with Crippen LogP contribution in [0.4, 0.5) is 0 Å². The molecular formula is C27H32ClN5O5S. The molecule has 2 fully saturated rings. The molecule has 2 N–H and O–H groups in total. The quantitative estimate of drug-likeness (QED) is 0.462. The molecule has 12 heteroatoms.